The van der Waals surface area contributed by atoms with Gasteiger partial charge in [0.2, 0.25) is 0 Å². The summed E-state index contributed by atoms with van der Waals surface area (Å²) < 4.78 is 7.18. The van der Waals surface area contributed by atoms with Crippen LogP contribution in [-0.4, -0.2) is 30.0 Å². The van der Waals surface area contributed by atoms with Crippen LogP contribution in [0.3, 0.4) is 0 Å². The van der Waals surface area contributed by atoms with Crippen molar-refractivity contribution in [1.82, 2.24) is 9.78 Å². The standard InChI is InChI=1S/C14H24ClN3O/c1-4-12-14(15)13(18(5-2)17-12)9-11(10-19-3)7-6-8-16/h9H,4-8,10,16H2,1-3H3/b11-9-. The minimum atomic E-state index is 0.604. The van der Waals surface area contributed by atoms with Gasteiger partial charge in [-0.05, 0) is 44.4 Å². The predicted octanol–water partition coefficient (Wildman–Crippen LogP) is 2.89. The summed E-state index contributed by atoms with van der Waals surface area (Å²) in [5.41, 5.74) is 8.69. The predicted molar refractivity (Wildman–Crippen MR) is 80.4 cm³/mol. The first-order valence-electron chi connectivity index (χ1n) is 6.81. The van der Waals surface area contributed by atoms with Crippen LogP contribution in [0.25, 0.3) is 6.08 Å². The molecule has 0 unspecified atom stereocenters. The lowest BCUT2D eigenvalue weighted by molar-refractivity contribution is 0.223. The third kappa shape index (κ3) is 4.34. The summed E-state index contributed by atoms with van der Waals surface area (Å²) in [5, 5.41) is 5.27. The van der Waals surface area contributed by atoms with Gasteiger partial charge in [0, 0.05) is 13.7 Å². The van der Waals surface area contributed by atoms with Crippen molar-refractivity contribution in [3.05, 3.63) is 22.0 Å². The number of aryl methyl sites for hydroxylation is 2. The van der Waals surface area contributed by atoms with E-state index in [9.17, 15) is 0 Å². The van der Waals surface area contributed by atoms with E-state index in [2.05, 4.69) is 25.0 Å². The van der Waals surface area contributed by atoms with Crippen molar-refractivity contribution in [3.8, 4) is 0 Å². The number of hydrogen-bond donors (Lipinski definition) is 1. The van der Waals surface area contributed by atoms with E-state index in [4.69, 9.17) is 22.1 Å². The van der Waals surface area contributed by atoms with E-state index in [1.54, 1.807) is 7.11 Å². The molecular weight excluding hydrogens is 262 g/mol. The van der Waals surface area contributed by atoms with Crippen molar-refractivity contribution in [2.24, 2.45) is 5.73 Å². The molecule has 19 heavy (non-hydrogen) atoms. The monoisotopic (exact) mass is 285 g/mol. The molecule has 0 aliphatic rings. The van der Waals surface area contributed by atoms with Crippen LogP contribution < -0.4 is 5.73 Å². The van der Waals surface area contributed by atoms with Crippen LogP contribution in [0, 0.1) is 0 Å². The Morgan fingerprint density at radius 3 is 2.74 bits per heavy atom. The van der Waals surface area contributed by atoms with Crippen molar-refractivity contribution in [3.63, 3.8) is 0 Å². The van der Waals surface area contributed by atoms with Gasteiger partial charge in [0.05, 0.1) is 23.0 Å². The second-order valence-electron chi connectivity index (χ2n) is 4.44. The van der Waals surface area contributed by atoms with Gasteiger partial charge in [0.15, 0.2) is 0 Å². The third-order valence-corrected chi connectivity index (χ3v) is 3.42. The zero-order chi connectivity index (χ0) is 14.3. The Morgan fingerprint density at radius 2 is 2.21 bits per heavy atom. The quantitative estimate of drug-likeness (QED) is 0.799. The number of rotatable bonds is 8. The first-order chi connectivity index (χ1) is 9.17. The number of nitrogens with zero attached hydrogens (tertiary/aromatic N) is 2. The van der Waals surface area contributed by atoms with Crippen molar-refractivity contribution in [1.29, 1.82) is 0 Å². The van der Waals surface area contributed by atoms with E-state index in [1.807, 2.05) is 4.68 Å². The maximum absolute atomic E-state index is 6.39. The molecule has 0 radical (unpaired) electrons. The lowest BCUT2D eigenvalue weighted by atomic mass is 10.1. The molecule has 2 N–H and O–H groups in total. The SMILES string of the molecule is CCc1nn(CC)c(/C=C(/CCCN)COC)c1Cl. The van der Waals surface area contributed by atoms with Gasteiger partial charge in [-0.25, -0.2) is 0 Å². The highest BCUT2D eigenvalue weighted by Gasteiger charge is 2.13. The van der Waals surface area contributed by atoms with E-state index in [0.717, 1.165) is 42.2 Å². The first kappa shape index (κ1) is 16.2. The van der Waals surface area contributed by atoms with Crippen LogP contribution in [0.15, 0.2) is 5.57 Å². The Bertz CT molecular complexity index is 427. The second-order valence-corrected chi connectivity index (χ2v) is 4.82. The Morgan fingerprint density at radius 1 is 1.47 bits per heavy atom. The third-order valence-electron chi connectivity index (χ3n) is 3.00. The van der Waals surface area contributed by atoms with Gasteiger partial charge in [-0.3, -0.25) is 4.68 Å². The molecule has 1 aromatic heterocycles. The minimum Gasteiger partial charge on any atom is -0.380 e. The molecule has 0 amide bonds. The molecule has 0 atom stereocenters. The topological polar surface area (TPSA) is 53.1 Å². The van der Waals surface area contributed by atoms with Gasteiger partial charge >= 0.3 is 0 Å². The van der Waals surface area contributed by atoms with Gasteiger partial charge in [-0.1, -0.05) is 18.5 Å². The van der Waals surface area contributed by atoms with Gasteiger partial charge in [0.1, 0.15) is 0 Å². The highest BCUT2D eigenvalue weighted by molar-refractivity contribution is 6.32. The molecule has 5 heteroatoms. The average molecular weight is 286 g/mol. The zero-order valence-electron chi connectivity index (χ0n) is 12.1. The Labute approximate surface area is 120 Å². The van der Waals surface area contributed by atoms with Gasteiger partial charge < -0.3 is 10.5 Å². The fourth-order valence-corrected chi connectivity index (χ4v) is 2.33. The summed E-state index contributed by atoms with van der Waals surface area (Å²) in [7, 11) is 1.70. The summed E-state index contributed by atoms with van der Waals surface area (Å²) >= 11 is 6.39. The molecule has 1 rings (SSSR count). The summed E-state index contributed by atoms with van der Waals surface area (Å²) in [6.07, 6.45) is 4.82. The molecule has 0 bridgehead atoms. The van der Waals surface area contributed by atoms with Crippen LogP contribution in [0.4, 0.5) is 0 Å². The van der Waals surface area contributed by atoms with Crippen LogP contribution in [0.2, 0.25) is 5.02 Å². The number of methoxy groups -OCH3 is 1. The molecule has 0 aliphatic carbocycles. The van der Waals surface area contributed by atoms with Gasteiger partial charge in [0.25, 0.3) is 0 Å². The van der Waals surface area contributed by atoms with Crippen LogP contribution >= 0.6 is 11.6 Å². The largest absolute Gasteiger partial charge is 0.380 e. The molecular formula is C14H24ClN3O. The van der Waals surface area contributed by atoms with Crippen molar-refractivity contribution in [2.75, 3.05) is 20.3 Å². The fraction of sp³-hybridized carbons (Fsp3) is 0.643. The summed E-state index contributed by atoms with van der Waals surface area (Å²) in [6.45, 7) is 6.22. The minimum absolute atomic E-state index is 0.604. The van der Waals surface area contributed by atoms with Crippen molar-refractivity contribution < 1.29 is 4.74 Å². The Balaban J connectivity index is 3.07. The second kappa shape index (κ2) is 8.35. The summed E-state index contributed by atoms with van der Waals surface area (Å²) in [6, 6.07) is 0. The van der Waals surface area contributed by atoms with Crippen LogP contribution in [-0.2, 0) is 17.7 Å². The van der Waals surface area contributed by atoms with Gasteiger partial charge in [-0.2, -0.15) is 5.10 Å². The molecule has 0 aromatic carbocycles. The summed E-state index contributed by atoms with van der Waals surface area (Å²) in [4.78, 5) is 0. The fourth-order valence-electron chi connectivity index (χ4n) is 2.00. The van der Waals surface area contributed by atoms with E-state index < -0.39 is 0 Å². The number of ether oxygens (including phenoxy) is 1. The van der Waals surface area contributed by atoms with Crippen molar-refractivity contribution in [2.45, 2.75) is 39.7 Å². The van der Waals surface area contributed by atoms with E-state index in [0.29, 0.717) is 13.2 Å². The highest BCUT2D eigenvalue weighted by atomic mass is 35.5. The number of halogens is 1. The normalized spacial score (nSPS) is 12.2. The zero-order valence-corrected chi connectivity index (χ0v) is 12.8. The molecule has 0 spiro atoms. The van der Waals surface area contributed by atoms with Crippen LogP contribution in [0.5, 0.6) is 0 Å². The maximum atomic E-state index is 6.39. The number of aromatic nitrogens is 2. The molecule has 0 saturated carbocycles. The van der Waals surface area contributed by atoms with Crippen molar-refractivity contribution >= 4 is 17.7 Å². The Hall–Kier alpha value is -0.840. The number of nitrogens with two attached hydrogens (primary N) is 1. The maximum Gasteiger partial charge on any atom is 0.0891 e. The van der Waals surface area contributed by atoms with E-state index >= 15 is 0 Å². The van der Waals surface area contributed by atoms with Gasteiger partial charge in [-0.15, -0.1) is 0 Å². The molecule has 0 aliphatic heterocycles. The molecule has 108 valence electrons. The highest BCUT2D eigenvalue weighted by Crippen LogP contribution is 2.25. The average Bonchev–Trinajstić information content (AvgIpc) is 2.72. The summed E-state index contributed by atoms with van der Waals surface area (Å²) in [5.74, 6) is 0. The number of hydrogen-bond acceptors (Lipinski definition) is 3. The van der Waals surface area contributed by atoms with E-state index in [-0.39, 0.29) is 0 Å². The van der Waals surface area contributed by atoms with Crippen LogP contribution in [0.1, 0.15) is 38.1 Å². The Kier molecular flexibility index (Phi) is 7.13. The molecule has 1 aromatic rings. The lowest BCUT2D eigenvalue weighted by Gasteiger charge is -2.07. The molecule has 1 heterocycles. The first-order valence-corrected chi connectivity index (χ1v) is 7.19. The molecule has 0 fully saturated rings. The lowest BCUT2D eigenvalue weighted by Crippen LogP contribution is -2.04. The smallest absolute Gasteiger partial charge is 0.0891 e. The molecule has 4 nitrogen and oxygen atoms in total. The molecule has 0 saturated heterocycles. The van der Waals surface area contributed by atoms with E-state index in [1.165, 1.54) is 5.57 Å².